The Balaban J connectivity index is 0.000000660. The van der Waals surface area contributed by atoms with Gasteiger partial charge in [0, 0.05) is 35.5 Å². The van der Waals surface area contributed by atoms with Crippen LogP contribution >= 0.6 is 0 Å². The second-order valence-corrected chi connectivity index (χ2v) is 8.59. The molecule has 35 heavy (non-hydrogen) atoms. The van der Waals surface area contributed by atoms with E-state index >= 15 is 0 Å². The lowest BCUT2D eigenvalue weighted by atomic mass is 10.0. The van der Waals surface area contributed by atoms with Gasteiger partial charge in [0.05, 0.1) is 18.2 Å². The summed E-state index contributed by atoms with van der Waals surface area (Å²) in [5, 5.41) is 14.8. The SMILES string of the molecule is C1CNCCOC1.CN(C)CCn1c(=O)oc2ccc(-c3ccc(CC(C#N)NC=O)cc3)cc21.[HH].[HH]. The van der Waals surface area contributed by atoms with Gasteiger partial charge < -0.3 is 24.7 Å². The summed E-state index contributed by atoms with van der Waals surface area (Å²) in [5.74, 6) is -0.352. The van der Waals surface area contributed by atoms with E-state index in [4.69, 9.17) is 14.4 Å². The fourth-order valence-electron chi connectivity index (χ4n) is 3.72. The molecule has 0 saturated carbocycles. The van der Waals surface area contributed by atoms with E-state index in [0.717, 1.165) is 55.1 Å². The number of amides is 1. The van der Waals surface area contributed by atoms with Crippen LogP contribution in [0.2, 0.25) is 0 Å². The number of nitrogens with zero attached hydrogens (tertiary/aromatic N) is 3. The van der Waals surface area contributed by atoms with Gasteiger partial charge >= 0.3 is 5.76 Å². The van der Waals surface area contributed by atoms with Crippen LogP contribution in [-0.2, 0) is 22.5 Å². The van der Waals surface area contributed by atoms with Crippen molar-refractivity contribution in [2.75, 3.05) is 46.9 Å². The van der Waals surface area contributed by atoms with E-state index in [2.05, 4.69) is 16.7 Å². The van der Waals surface area contributed by atoms with Crippen LogP contribution in [0.4, 0.5) is 0 Å². The molecule has 1 amide bonds. The predicted octanol–water partition coefficient (Wildman–Crippen LogP) is 2.49. The number of benzene rings is 2. The number of nitriles is 1. The van der Waals surface area contributed by atoms with Crippen molar-refractivity contribution in [1.29, 1.82) is 5.26 Å². The maximum Gasteiger partial charge on any atom is 0.419 e. The summed E-state index contributed by atoms with van der Waals surface area (Å²) < 4.78 is 12.1. The number of carbonyl (C=O) groups excluding carboxylic acids is 1. The van der Waals surface area contributed by atoms with E-state index in [-0.39, 0.29) is 8.61 Å². The summed E-state index contributed by atoms with van der Waals surface area (Å²) in [7, 11) is 3.92. The molecule has 1 saturated heterocycles. The van der Waals surface area contributed by atoms with Gasteiger partial charge in [-0.15, -0.1) is 0 Å². The average molecular weight is 484 g/mol. The molecule has 190 valence electrons. The number of hydrogen-bond donors (Lipinski definition) is 2. The topological polar surface area (TPSA) is 113 Å². The van der Waals surface area contributed by atoms with E-state index in [1.54, 1.807) is 4.57 Å². The molecule has 1 aliphatic heterocycles. The number of nitrogens with one attached hydrogen (secondary N) is 2. The summed E-state index contributed by atoms with van der Waals surface area (Å²) in [4.78, 5) is 24.7. The maximum absolute atomic E-state index is 12.1. The lowest BCUT2D eigenvalue weighted by Crippen LogP contribution is -2.28. The molecule has 0 spiro atoms. The average Bonchev–Trinajstić information content (AvgIpc) is 3.02. The normalized spacial score (nSPS) is 14.5. The van der Waals surface area contributed by atoms with Gasteiger partial charge in [0.25, 0.3) is 0 Å². The monoisotopic (exact) mass is 483 g/mol. The minimum Gasteiger partial charge on any atom is -0.408 e. The lowest BCUT2D eigenvalue weighted by molar-refractivity contribution is -0.109. The summed E-state index contributed by atoms with van der Waals surface area (Å²) in [6.07, 6.45) is 2.15. The van der Waals surface area contributed by atoms with Crippen molar-refractivity contribution < 1.29 is 16.8 Å². The Hall–Kier alpha value is -3.45. The van der Waals surface area contributed by atoms with Gasteiger partial charge in [-0.25, -0.2) is 4.79 Å². The second kappa shape index (κ2) is 13.4. The molecule has 9 nitrogen and oxygen atoms in total. The first-order valence-corrected chi connectivity index (χ1v) is 11.8. The summed E-state index contributed by atoms with van der Waals surface area (Å²) in [5.41, 5.74) is 4.27. The van der Waals surface area contributed by atoms with Crippen LogP contribution in [0.1, 0.15) is 14.8 Å². The highest BCUT2D eigenvalue weighted by molar-refractivity contribution is 5.80. The van der Waals surface area contributed by atoms with Crippen LogP contribution in [0, 0.1) is 11.3 Å². The first-order chi connectivity index (χ1) is 17.0. The highest BCUT2D eigenvalue weighted by atomic mass is 16.5. The summed E-state index contributed by atoms with van der Waals surface area (Å²) in [6, 6.07) is 15.0. The highest BCUT2D eigenvalue weighted by Gasteiger charge is 2.12. The third-order valence-electron chi connectivity index (χ3n) is 5.66. The van der Waals surface area contributed by atoms with E-state index in [9.17, 15) is 9.59 Å². The second-order valence-electron chi connectivity index (χ2n) is 8.59. The Kier molecular flexibility index (Phi) is 10.0. The number of rotatable bonds is 8. The van der Waals surface area contributed by atoms with Crippen LogP contribution in [0.5, 0.6) is 0 Å². The molecule has 1 aliphatic rings. The van der Waals surface area contributed by atoms with Crippen LogP contribution in [0.25, 0.3) is 22.2 Å². The standard InChI is InChI=1S/C21H22N4O3.C5H11NO.2H2/c1-24(2)9-10-25-19-12-17(7-8-20(19)28-21(25)27)16-5-3-15(4-6-16)11-18(13-22)23-14-26;1-2-6-3-5-7-4-1;;/h3-8,12,14,18H,9-11H2,1-2H3,(H,23,26);6H,1-5H2;2*1H. The van der Waals surface area contributed by atoms with Crippen LogP contribution < -0.4 is 16.4 Å². The Morgan fingerprint density at radius 2 is 1.97 bits per heavy atom. The molecule has 0 bridgehead atoms. The molecule has 2 aromatic carbocycles. The van der Waals surface area contributed by atoms with E-state index in [1.807, 2.05) is 61.5 Å². The zero-order valence-electron chi connectivity index (χ0n) is 20.3. The van der Waals surface area contributed by atoms with Crippen molar-refractivity contribution in [3.63, 3.8) is 0 Å². The molecule has 3 aromatic rings. The number of likely N-dealkylation sites (N-methyl/N-ethyl adjacent to an activating group) is 1. The van der Waals surface area contributed by atoms with Crippen LogP contribution in [-0.4, -0.2) is 68.9 Å². The zero-order valence-corrected chi connectivity index (χ0v) is 20.3. The van der Waals surface area contributed by atoms with E-state index < -0.39 is 6.04 Å². The van der Waals surface area contributed by atoms with Crippen molar-refractivity contribution in [3.8, 4) is 17.2 Å². The first kappa shape index (κ1) is 26.2. The van der Waals surface area contributed by atoms with Gasteiger partial charge in [-0.1, -0.05) is 30.3 Å². The smallest absolute Gasteiger partial charge is 0.408 e. The number of hydrogen-bond acceptors (Lipinski definition) is 7. The van der Waals surface area contributed by atoms with Gasteiger partial charge in [0.1, 0.15) is 6.04 Å². The van der Waals surface area contributed by atoms with Gasteiger partial charge in [-0.2, -0.15) is 5.26 Å². The molecule has 2 heterocycles. The minimum absolute atomic E-state index is 0. The van der Waals surface area contributed by atoms with Crippen molar-refractivity contribution in [3.05, 3.63) is 58.6 Å². The largest absolute Gasteiger partial charge is 0.419 e. The molecule has 1 aromatic heterocycles. The molecular weight excluding hydrogens is 446 g/mol. The van der Waals surface area contributed by atoms with Crippen molar-refractivity contribution in [2.45, 2.75) is 25.4 Å². The quantitative estimate of drug-likeness (QED) is 0.473. The van der Waals surface area contributed by atoms with Gasteiger partial charge in [0.15, 0.2) is 5.58 Å². The number of ether oxygens (including phenoxy) is 1. The predicted molar refractivity (Wildman–Crippen MR) is 139 cm³/mol. The third-order valence-corrected chi connectivity index (χ3v) is 5.66. The number of carbonyl (C=O) groups is 1. The molecule has 2 N–H and O–H groups in total. The maximum atomic E-state index is 12.1. The summed E-state index contributed by atoms with van der Waals surface area (Å²) >= 11 is 0. The molecule has 1 unspecified atom stereocenters. The number of oxazole rings is 1. The van der Waals surface area contributed by atoms with E-state index in [0.29, 0.717) is 25.0 Å². The molecule has 1 fully saturated rings. The van der Waals surface area contributed by atoms with Crippen molar-refractivity contribution in [2.24, 2.45) is 0 Å². The Labute approximate surface area is 208 Å². The third kappa shape index (κ3) is 7.79. The highest BCUT2D eigenvalue weighted by Crippen LogP contribution is 2.25. The van der Waals surface area contributed by atoms with Gasteiger partial charge in [-0.05, 0) is 55.9 Å². The molecule has 4 rings (SSSR count). The Bertz CT molecular complexity index is 1170. The first-order valence-electron chi connectivity index (χ1n) is 11.8. The zero-order chi connectivity index (χ0) is 25.0. The lowest BCUT2D eigenvalue weighted by Gasteiger charge is -2.10. The number of aromatic nitrogens is 1. The Morgan fingerprint density at radius 3 is 2.69 bits per heavy atom. The van der Waals surface area contributed by atoms with Crippen LogP contribution in [0.3, 0.4) is 0 Å². The van der Waals surface area contributed by atoms with Crippen molar-refractivity contribution >= 4 is 17.5 Å². The van der Waals surface area contributed by atoms with Crippen LogP contribution in [0.15, 0.2) is 51.7 Å². The fourth-order valence-corrected chi connectivity index (χ4v) is 3.72. The number of fused-ring (bicyclic) bond motifs is 1. The van der Waals surface area contributed by atoms with Gasteiger partial charge in [-0.3, -0.25) is 9.36 Å². The molecule has 0 aliphatic carbocycles. The Morgan fingerprint density at radius 1 is 1.20 bits per heavy atom. The summed E-state index contributed by atoms with van der Waals surface area (Å²) in [6.45, 7) is 5.27. The molecular formula is C26H37N5O4. The molecule has 1 atom stereocenters. The fraction of sp³-hybridized carbons (Fsp3) is 0.423. The minimum atomic E-state index is -0.545. The van der Waals surface area contributed by atoms with Crippen molar-refractivity contribution in [1.82, 2.24) is 20.1 Å². The van der Waals surface area contributed by atoms with E-state index in [1.165, 1.54) is 6.42 Å². The molecule has 0 radical (unpaired) electrons. The molecule has 9 heteroatoms. The van der Waals surface area contributed by atoms with Gasteiger partial charge in [0.2, 0.25) is 6.41 Å².